The number of rotatable bonds is 3. The SMILES string of the molecule is CN1CCN(CC(=O)N2CCC(C(=O)NN)CC2)C1=O. The summed E-state index contributed by atoms with van der Waals surface area (Å²) >= 11 is 0. The van der Waals surface area contributed by atoms with E-state index < -0.39 is 0 Å². The van der Waals surface area contributed by atoms with E-state index in [9.17, 15) is 14.4 Å². The summed E-state index contributed by atoms with van der Waals surface area (Å²) in [6.07, 6.45) is 1.23. The van der Waals surface area contributed by atoms with Crippen LogP contribution in [-0.4, -0.2) is 72.3 Å². The van der Waals surface area contributed by atoms with E-state index in [0.29, 0.717) is 39.0 Å². The highest BCUT2D eigenvalue weighted by atomic mass is 16.2. The van der Waals surface area contributed by atoms with Gasteiger partial charge in [0.1, 0.15) is 6.54 Å². The number of urea groups is 1. The first-order valence-electron chi connectivity index (χ1n) is 6.81. The second-order valence-electron chi connectivity index (χ2n) is 5.29. The molecule has 2 fully saturated rings. The van der Waals surface area contributed by atoms with Crippen molar-refractivity contribution in [1.82, 2.24) is 20.1 Å². The van der Waals surface area contributed by atoms with Crippen molar-refractivity contribution < 1.29 is 14.4 Å². The Balaban J connectivity index is 1.80. The highest BCUT2D eigenvalue weighted by molar-refractivity contribution is 5.85. The fraction of sp³-hybridized carbons (Fsp3) is 0.750. The Morgan fingerprint density at radius 1 is 1.25 bits per heavy atom. The van der Waals surface area contributed by atoms with Crippen molar-refractivity contribution in [2.75, 3.05) is 39.8 Å². The molecule has 0 unspecified atom stereocenters. The van der Waals surface area contributed by atoms with E-state index in [0.717, 1.165) is 0 Å². The van der Waals surface area contributed by atoms with Crippen LogP contribution in [0.4, 0.5) is 4.79 Å². The third-order valence-electron chi connectivity index (χ3n) is 3.99. The number of hydrogen-bond acceptors (Lipinski definition) is 4. The molecule has 2 aliphatic heterocycles. The van der Waals surface area contributed by atoms with Gasteiger partial charge in [0.15, 0.2) is 0 Å². The van der Waals surface area contributed by atoms with Crippen LogP contribution in [0, 0.1) is 5.92 Å². The number of likely N-dealkylation sites (tertiary alicyclic amines) is 1. The van der Waals surface area contributed by atoms with E-state index in [1.54, 1.807) is 21.7 Å². The maximum atomic E-state index is 12.1. The molecule has 0 aromatic rings. The number of likely N-dealkylation sites (N-methyl/N-ethyl adjacent to an activating group) is 1. The topological polar surface area (TPSA) is 99.0 Å². The van der Waals surface area contributed by atoms with Gasteiger partial charge in [-0.05, 0) is 12.8 Å². The lowest BCUT2D eigenvalue weighted by atomic mass is 9.96. The number of nitrogens with one attached hydrogen (secondary N) is 1. The number of amides is 4. The zero-order valence-electron chi connectivity index (χ0n) is 11.7. The molecule has 2 saturated heterocycles. The smallest absolute Gasteiger partial charge is 0.320 e. The van der Waals surface area contributed by atoms with E-state index in [-0.39, 0.29) is 30.3 Å². The van der Waals surface area contributed by atoms with Crippen LogP contribution in [0.1, 0.15) is 12.8 Å². The number of piperidine rings is 1. The van der Waals surface area contributed by atoms with Gasteiger partial charge in [0.05, 0.1) is 0 Å². The minimum Gasteiger partial charge on any atom is -0.341 e. The van der Waals surface area contributed by atoms with Crippen molar-refractivity contribution >= 4 is 17.8 Å². The first kappa shape index (κ1) is 14.6. The maximum absolute atomic E-state index is 12.1. The van der Waals surface area contributed by atoms with Gasteiger partial charge in [-0.25, -0.2) is 10.6 Å². The van der Waals surface area contributed by atoms with Crippen LogP contribution in [0.2, 0.25) is 0 Å². The molecule has 0 saturated carbocycles. The molecule has 2 heterocycles. The Hall–Kier alpha value is -1.83. The molecule has 0 bridgehead atoms. The molecule has 2 rings (SSSR count). The number of carbonyl (C=O) groups excluding carboxylic acids is 3. The molecule has 0 aromatic heterocycles. The summed E-state index contributed by atoms with van der Waals surface area (Å²) in [6, 6.07) is -0.101. The van der Waals surface area contributed by atoms with E-state index in [1.807, 2.05) is 0 Å². The van der Waals surface area contributed by atoms with Crippen LogP contribution in [0.25, 0.3) is 0 Å². The highest BCUT2D eigenvalue weighted by Gasteiger charge is 2.31. The van der Waals surface area contributed by atoms with Crippen LogP contribution in [0.5, 0.6) is 0 Å². The molecule has 20 heavy (non-hydrogen) atoms. The molecule has 3 N–H and O–H groups in total. The van der Waals surface area contributed by atoms with E-state index in [2.05, 4.69) is 5.43 Å². The molecule has 0 atom stereocenters. The predicted octanol–water partition coefficient (Wildman–Crippen LogP) is -1.42. The molecule has 2 aliphatic rings. The van der Waals surface area contributed by atoms with Crippen molar-refractivity contribution in [3.63, 3.8) is 0 Å². The summed E-state index contributed by atoms with van der Waals surface area (Å²) in [5, 5.41) is 0. The Morgan fingerprint density at radius 2 is 1.90 bits per heavy atom. The third-order valence-corrected chi connectivity index (χ3v) is 3.99. The number of hydrogen-bond donors (Lipinski definition) is 2. The van der Waals surface area contributed by atoms with Crippen molar-refractivity contribution in [2.45, 2.75) is 12.8 Å². The second kappa shape index (κ2) is 6.08. The van der Waals surface area contributed by atoms with Gasteiger partial charge in [-0.15, -0.1) is 0 Å². The summed E-state index contributed by atoms with van der Waals surface area (Å²) in [5.74, 6) is 4.76. The lowest BCUT2D eigenvalue weighted by Crippen LogP contribution is -2.47. The van der Waals surface area contributed by atoms with Gasteiger partial charge < -0.3 is 14.7 Å². The lowest BCUT2D eigenvalue weighted by Gasteiger charge is -2.32. The molecular formula is C12H21N5O3. The van der Waals surface area contributed by atoms with Crippen LogP contribution in [0.3, 0.4) is 0 Å². The lowest BCUT2D eigenvalue weighted by molar-refractivity contribution is -0.136. The summed E-state index contributed by atoms with van der Waals surface area (Å²) < 4.78 is 0. The monoisotopic (exact) mass is 283 g/mol. The van der Waals surface area contributed by atoms with E-state index in [1.165, 1.54) is 0 Å². The third kappa shape index (κ3) is 3.01. The highest BCUT2D eigenvalue weighted by Crippen LogP contribution is 2.17. The van der Waals surface area contributed by atoms with Gasteiger partial charge in [-0.2, -0.15) is 0 Å². The van der Waals surface area contributed by atoms with E-state index in [4.69, 9.17) is 5.84 Å². The number of nitrogens with two attached hydrogens (primary N) is 1. The minimum atomic E-state index is -0.173. The summed E-state index contributed by atoms with van der Waals surface area (Å²) in [5.41, 5.74) is 2.15. The van der Waals surface area contributed by atoms with Gasteiger partial charge in [-0.3, -0.25) is 15.0 Å². The summed E-state index contributed by atoms with van der Waals surface area (Å²) in [4.78, 5) is 40.1. The molecular weight excluding hydrogens is 262 g/mol. The zero-order chi connectivity index (χ0) is 14.7. The number of hydrazine groups is 1. The average Bonchev–Trinajstić information content (AvgIpc) is 2.78. The first-order valence-corrected chi connectivity index (χ1v) is 6.81. The summed E-state index contributed by atoms with van der Waals surface area (Å²) in [6.45, 7) is 2.44. The largest absolute Gasteiger partial charge is 0.341 e. The molecule has 0 aromatic carbocycles. The van der Waals surface area contributed by atoms with Crippen molar-refractivity contribution in [2.24, 2.45) is 11.8 Å². The van der Waals surface area contributed by atoms with Gasteiger partial charge in [0.25, 0.3) is 0 Å². The fourth-order valence-electron chi connectivity index (χ4n) is 2.62. The number of nitrogens with zero attached hydrogens (tertiary/aromatic N) is 3. The average molecular weight is 283 g/mol. The summed E-state index contributed by atoms with van der Waals surface area (Å²) in [7, 11) is 1.73. The van der Waals surface area contributed by atoms with Gasteiger partial charge in [-0.1, -0.05) is 0 Å². The second-order valence-corrected chi connectivity index (χ2v) is 5.29. The van der Waals surface area contributed by atoms with Crippen molar-refractivity contribution in [3.8, 4) is 0 Å². The molecule has 112 valence electrons. The normalized spacial score (nSPS) is 20.5. The Bertz CT molecular complexity index is 406. The maximum Gasteiger partial charge on any atom is 0.320 e. The van der Waals surface area contributed by atoms with Crippen LogP contribution in [0.15, 0.2) is 0 Å². The molecule has 8 heteroatoms. The molecule has 0 radical (unpaired) electrons. The van der Waals surface area contributed by atoms with Gasteiger partial charge in [0, 0.05) is 39.1 Å². The van der Waals surface area contributed by atoms with E-state index >= 15 is 0 Å². The Labute approximate surface area is 117 Å². The molecule has 0 spiro atoms. The predicted molar refractivity (Wildman–Crippen MR) is 71.2 cm³/mol. The van der Waals surface area contributed by atoms with Gasteiger partial charge >= 0.3 is 6.03 Å². The van der Waals surface area contributed by atoms with Crippen LogP contribution in [-0.2, 0) is 9.59 Å². The Morgan fingerprint density at radius 3 is 2.40 bits per heavy atom. The molecule has 8 nitrogen and oxygen atoms in total. The first-order chi connectivity index (χ1) is 9.52. The quantitative estimate of drug-likeness (QED) is 0.377. The van der Waals surface area contributed by atoms with Crippen molar-refractivity contribution in [3.05, 3.63) is 0 Å². The molecule has 4 amide bonds. The standard InChI is InChI=1S/C12H21N5O3/c1-15-6-7-17(12(15)20)8-10(18)16-4-2-9(3-5-16)11(19)14-13/h9H,2-8,13H2,1H3,(H,14,19). The van der Waals surface area contributed by atoms with Crippen molar-refractivity contribution in [1.29, 1.82) is 0 Å². The number of carbonyl (C=O) groups is 3. The van der Waals surface area contributed by atoms with Gasteiger partial charge in [0.2, 0.25) is 11.8 Å². The fourth-order valence-corrected chi connectivity index (χ4v) is 2.62. The van der Waals surface area contributed by atoms with Crippen LogP contribution >= 0.6 is 0 Å². The zero-order valence-corrected chi connectivity index (χ0v) is 11.7. The van der Waals surface area contributed by atoms with Crippen LogP contribution < -0.4 is 11.3 Å². The molecule has 0 aliphatic carbocycles. The minimum absolute atomic E-state index is 0.0553. The Kier molecular flexibility index (Phi) is 4.43.